The number of aromatic nitrogens is 4. The summed E-state index contributed by atoms with van der Waals surface area (Å²) in [6, 6.07) is 14.7. The highest BCUT2D eigenvalue weighted by molar-refractivity contribution is 7.98. The quantitative estimate of drug-likeness (QED) is 0.263. The lowest BCUT2D eigenvalue weighted by molar-refractivity contribution is -0.137. The molecule has 0 radical (unpaired) electrons. The number of hydrogen-bond acceptors (Lipinski definition) is 6. The molecule has 0 fully saturated rings. The average Bonchev–Trinajstić information content (AvgIpc) is 3.49. The van der Waals surface area contributed by atoms with E-state index in [2.05, 4.69) is 15.2 Å². The maximum Gasteiger partial charge on any atom is 0.417 e. The fraction of sp³-hybridized carbons (Fsp3) is 0.0952. The van der Waals surface area contributed by atoms with Crippen molar-refractivity contribution in [3.8, 4) is 26.8 Å². The summed E-state index contributed by atoms with van der Waals surface area (Å²) in [6.07, 6.45) is -1.65. The molecule has 0 aliphatic rings. The van der Waals surface area contributed by atoms with Crippen LogP contribution in [-0.4, -0.2) is 26.0 Å². The van der Waals surface area contributed by atoms with Gasteiger partial charge in [-0.2, -0.15) is 13.2 Å². The second kappa shape index (κ2) is 7.77. The van der Waals surface area contributed by atoms with Crippen LogP contribution in [0.4, 0.5) is 13.2 Å². The minimum Gasteiger partial charge on any atom is -0.269 e. The molecule has 0 atom stereocenters. The molecule has 4 aromatic heterocycles. The van der Waals surface area contributed by atoms with Crippen molar-refractivity contribution in [1.29, 1.82) is 0 Å². The van der Waals surface area contributed by atoms with Gasteiger partial charge in [0.15, 0.2) is 11.0 Å². The van der Waals surface area contributed by atoms with E-state index in [0.717, 1.165) is 33.3 Å². The summed E-state index contributed by atoms with van der Waals surface area (Å²) in [5.41, 5.74) is 1.43. The van der Waals surface area contributed by atoms with Crippen LogP contribution >= 0.6 is 34.4 Å². The Bertz CT molecular complexity index is 1360. The van der Waals surface area contributed by atoms with Gasteiger partial charge in [0.1, 0.15) is 0 Å². The van der Waals surface area contributed by atoms with Crippen molar-refractivity contribution in [1.82, 2.24) is 19.7 Å². The molecule has 10 heteroatoms. The third-order valence-corrected chi connectivity index (χ3v) is 7.30. The van der Waals surface area contributed by atoms with Gasteiger partial charge in [-0.3, -0.25) is 9.55 Å². The summed E-state index contributed by atoms with van der Waals surface area (Å²) in [5, 5.41) is 11.4. The number of thioether (sulfide) groups is 1. The normalized spacial score (nSPS) is 12.0. The smallest absolute Gasteiger partial charge is 0.269 e. The van der Waals surface area contributed by atoms with E-state index >= 15 is 0 Å². The molecule has 0 spiro atoms. The van der Waals surface area contributed by atoms with Crippen molar-refractivity contribution >= 4 is 44.7 Å². The van der Waals surface area contributed by atoms with E-state index in [4.69, 9.17) is 0 Å². The van der Waals surface area contributed by atoms with Crippen molar-refractivity contribution in [3.63, 3.8) is 0 Å². The van der Waals surface area contributed by atoms with Gasteiger partial charge in [0, 0.05) is 22.3 Å². The predicted molar refractivity (Wildman–Crippen MR) is 120 cm³/mol. The Kier molecular flexibility index (Phi) is 5.07. The average molecular weight is 475 g/mol. The summed E-state index contributed by atoms with van der Waals surface area (Å²) in [5.74, 6) is 0.579. The van der Waals surface area contributed by atoms with Gasteiger partial charge >= 0.3 is 6.18 Å². The van der Waals surface area contributed by atoms with Crippen LogP contribution in [-0.2, 0) is 6.18 Å². The molecular weight excluding hydrogens is 461 g/mol. The standard InChI is InChI=1S/C21H13F3N4S3/c1-29-20-27-26-19(28(20)13-6-3-2-4-7-13)18-16(14-8-5-9-30-14)17-15(31-18)10-12(11-25-17)21(22,23)24/h2-11H,1H3. The topological polar surface area (TPSA) is 43.6 Å². The zero-order valence-electron chi connectivity index (χ0n) is 15.9. The van der Waals surface area contributed by atoms with Crippen LogP contribution < -0.4 is 0 Å². The van der Waals surface area contributed by atoms with Crippen LogP contribution in [0.25, 0.3) is 37.0 Å². The lowest BCUT2D eigenvalue weighted by atomic mass is 10.1. The molecule has 156 valence electrons. The minimum atomic E-state index is -4.45. The van der Waals surface area contributed by atoms with Crippen molar-refractivity contribution in [3.05, 3.63) is 65.7 Å². The van der Waals surface area contributed by atoms with Gasteiger partial charge in [0.2, 0.25) is 0 Å². The molecule has 31 heavy (non-hydrogen) atoms. The largest absolute Gasteiger partial charge is 0.417 e. The summed E-state index contributed by atoms with van der Waals surface area (Å²) in [7, 11) is 0. The molecule has 4 heterocycles. The van der Waals surface area contributed by atoms with E-state index in [1.807, 2.05) is 58.7 Å². The molecule has 5 rings (SSSR count). The third-order valence-electron chi connectivity index (χ3n) is 4.66. The van der Waals surface area contributed by atoms with Gasteiger partial charge in [-0.25, -0.2) is 0 Å². The highest BCUT2D eigenvalue weighted by atomic mass is 32.2. The van der Waals surface area contributed by atoms with E-state index in [0.29, 0.717) is 21.2 Å². The molecule has 0 aliphatic carbocycles. The van der Waals surface area contributed by atoms with Gasteiger partial charge in [0.25, 0.3) is 0 Å². The molecule has 0 N–H and O–H groups in total. The number of nitrogens with zero attached hydrogens (tertiary/aromatic N) is 4. The van der Waals surface area contributed by atoms with Crippen molar-refractivity contribution in [2.45, 2.75) is 11.3 Å². The molecule has 4 nitrogen and oxygen atoms in total. The summed E-state index contributed by atoms with van der Waals surface area (Å²) < 4.78 is 42.3. The van der Waals surface area contributed by atoms with E-state index in [-0.39, 0.29) is 0 Å². The number of rotatable bonds is 4. The molecule has 0 amide bonds. The number of halogens is 3. The Balaban J connectivity index is 1.82. The Hall–Kier alpha value is -2.69. The van der Waals surface area contributed by atoms with Crippen LogP contribution in [0, 0.1) is 0 Å². The zero-order chi connectivity index (χ0) is 21.6. The van der Waals surface area contributed by atoms with Gasteiger partial charge in [-0.05, 0) is 35.9 Å². The lowest BCUT2D eigenvalue weighted by Gasteiger charge is -2.09. The van der Waals surface area contributed by atoms with E-state index in [1.54, 1.807) is 0 Å². The minimum absolute atomic E-state index is 0.460. The molecule has 0 saturated heterocycles. The van der Waals surface area contributed by atoms with Crippen LogP contribution in [0.2, 0.25) is 0 Å². The number of hydrogen-bond donors (Lipinski definition) is 0. The third kappa shape index (κ3) is 3.54. The van der Waals surface area contributed by atoms with Crippen LogP contribution in [0.1, 0.15) is 5.56 Å². The Morgan fingerprint density at radius 3 is 2.52 bits per heavy atom. The van der Waals surface area contributed by atoms with Crippen molar-refractivity contribution in [2.24, 2.45) is 0 Å². The molecule has 0 saturated carbocycles. The molecule has 5 aromatic rings. The van der Waals surface area contributed by atoms with Gasteiger partial charge in [-0.15, -0.1) is 32.9 Å². The number of fused-ring (bicyclic) bond motifs is 1. The maximum atomic E-state index is 13.3. The highest BCUT2D eigenvalue weighted by Crippen LogP contribution is 2.46. The first-order valence-electron chi connectivity index (χ1n) is 9.06. The second-order valence-corrected chi connectivity index (χ2v) is 9.31. The van der Waals surface area contributed by atoms with Gasteiger partial charge < -0.3 is 0 Å². The van der Waals surface area contributed by atoms with Crippen LogP contribution in [0.5, 0.6) is 0 Å². The monoisotopic (exact) mass is 474 g/mol. The first-order chi connectivity index (χ1) is 15.0. The lowest BCUT2D eigenvalue weighted by Crippen LogP contribution is -2.04. The number of thiophene rings is 2. The summed E-state index contributed by atoms with van der Waals surface area (Å²) in [4.78, 5) is 5.87. The SMILES string of the molecule is CSc1nnc(-c2sc3cc(C(F)(F)F)cnc3c2-c2cccs2)n1-c1ccccc1. The van der Waals surface area contributed by atoms with E-state index in [9.17, 15) is 13.2 Å². The number of alkyl halides is 3. The number of pyridine rings is 1. The first-order valence-corrected chi connectivity index (χ1v) is 12.0. The Labute approximate surface area is 187 Å². The van der Waals surface area contributed by atoms with E-state index < -0.39 is 11.7 Å². The fourth-order valence-corrected chi connectivity index (χ4v) is 5.83. The number of para-hydroxylation sites is 1. The molecule has 0 bridgehead atoms. The first kappa shape index (κ1) is 20.2. The summed E-state index contributed by atoms with van der Waals surface area (Å²) >= 11 is 4.21. The van der Waals surface area contributed by atoms with Crippen LogP contribution in [0.15, 0.2) is 65.3 Å². The highest BCUT2D eigenvalue weighted by Gasteiger charge is 2.32. The zero-order valence-corrected chi connectivity index (χ0v) is 18.4. The predicted octanol–water partition coefficient (Wildman–Crippen LogP) is 7.01. The molecule has 0 unspecified atom stereocenters. The number of benzene rings is 1. The molecule has 0 aliphatic heterocycles. The maximum absolute atomic E-state index is 13.3. The van der Waals surface area contributed by atoms with Gasteiger partial charge in [0.05, 0.1) is 20.7 Å². The van der Waals surface area contributed by atoms with Crippen molar-refractivity contribution in [2.75, 3.05) is 6.26 Å². The summed E-state index contributed by atoms with van der Waals surface area (Å²) in [6.45, 7) is 0. The van der Waals surface area contributed by atoms with E-state index in [1.165, 1.54) is 34.4 Å². The fourth-order valence-electron chi connectivity index (χ4n) is 3.30. The Morgan fingerprint density at radius 2 is 1.84 bits per heavy atom. The second-order valence-electron chi connectivity index (χ2n) is 6.53. The molecular formula is C21H13F3N4S3. The van der Waals surface area contributed by atoms with Crippen LogP contribution in [0.3, 0.4) is 0 Å². The van der Waals surface area contributed by atoms with Crippen molar-refractivity contribution < 1.29 is 13.2 Å². The van der Waals surface area contributed by atoms with Gasteiger partial charge in [-0.1, -0.05) is 36.0 Å². The Morgan fingerprint density at radius 1 is 1.03 bits per heavy atom. The molecule has 1 aromatic carbocycles.